The molecule has 2 aromatic carbocycles. The van der Waals surface area contributed by atoms with E-state index in [4.69, 9.17) is 4.42 Å². The average molecular weight is 349 g/mol. The zero-order valence-electron chi connectivity index (χ0n) is 14.4. The zero-order chi connectivity index (χ0) is 18.5. The number of furan rings is 1. The van der Waals surface area contributed by atoms with Crippen molar-refractivity contribution in [3.63, 3.8) is 0 Å². The summed E-state index contributed by atoms with van der Waals surface area (Å²) in [5.74, 6) is 0.927. The Morgan fingerprint density at radius 2 is 1.59 bits per heavy atom. The molecule has 0 aliphatic carbocycles. The predicted octanol–water partition coefficient (Wildman–Crippen LogP) is 5.63. The Labute approximate surface area is 157 Å². The van der Waals surface area contributed by atoms with Crippen LogP contribution in [0, 0.1) is 11.3 Å². The first kappa shape index (κ1) is 16.5. The van der Waals surface area contributed by atoms with Crippen LogP contribution >= 0.6 is 0 Å². The molecule has 0 N–H and O–H groups in total. The summed E-state index contributed by atoms with van der Waals surface area (Å²) in [5.41, 5.74) is 3.82. The van der Waals surface area contributed by atoms with Gasteiger partial charge < -0.3 is 4.42 Å². The molecule has 27 heavy (non-hydrogen) atoms. The molecular formula is C23H15N3O. The highest BCUT2D eigenvalue weighted by molar-refractivity contribution is 5.89. The third kappa shape index (κ3) is 3.39. The SMILES string of the molecule is N#Cc1c(N=Cc2cccnc2)oc(-c2ccccc2)c1-c1ccccc1. The molecule has 128 valence electrons. The van der Waals surface area contributed by atoms with Gasteiger partial charge in [0, 0.05) is 35.3 Å². The van der Waals surface area contributed by atoms with Crippen molar-refractivity contribution in [2.45, 2.75) is 0 Å². The lowest BCUT2D eigenvalue weighted by Gasteiger charge is -2.03. The molecule has 0 bridgehead atoms. The van der Waals surface area contributed by atoms with Crippen molar-refractivity contribution in [3.05, 3.63) is 96.3 Å². The van der Waals surface area contributed by atoms with Crippen molar-refractivity contribution in [2.24, 2.45) is 4.99 Å². The topological polar surface area (TPSA) is 62.2 Å². The van der Waals surface area contributed by atoms with Gasteiger partial charge in [0.05, 0.1) is 0 Å². The summed E-state index contributed by atoms with van der Waals surface area (Å²) in [6, 6.07) is 25.5. The molecule has 0 unspecified atom stereocenters. The van der Waals surface area contributed by atoms with E-state index in [1.807, 2.05) is 72.8 Å². The molecule has 4 rings (SSSR count). The van der Waals surface area contributed by atoms with E-state index in [2.05, 4.69) is 16.0 Å². The van der Waals surface area contributed by atoms with Crippen LogP contribution < -0.4 is 0 Å². The Bertz CT molecular complexity index is 1110. The van der Waals surface area contributed by atoms with Gasteiger partial charge in [-0.05, 0) is 11.6 Å². The summed E-state index contributed by atoms with van der Waals surface area (Å²) in [6.07, 6.45) is 5.05. The molecular weight excluding hydrogens is 334 g/mol. The molecule has 0 atom stereocenters. The monoisotopic (exact) mass is 349 g/mol. The van der Waals surface area contributed by atoms with Crippen LogP contribution in [0.3, 0.4) is 0 Å². The van der Waals surface area contributed by atoms with Gasteiger partial charge in [-0.15, -0.1) is 0 Å². The number of nitriles is 1. The molecule has 0 saturated heterocycles. The smallest absolute Gasteiger partial charge is 0.238 e. The third-order valence-electron chi connectivity index (χ3n) is 4.12. The van der Waals surface area contributed by atoms with Gasteiger partial charge in [0.25, 0.3) is 0 Å². The van der Waals surface area contributed by atoms with Gasteiger partial charge in [-0.3, -0.25) is 4.98 Å². The first-order valence-corrected chi connectivity index (χ1v) is 8.48. The van der Waals surface area contributed by atoms with Gasteiger partial charge in [0.15, 0.2) is 0 Å². The summed E-state index contributed by atoms with van der Waals surface area (Å²) < 4.78 is 6.06. The Balaban J connectivity index is 1.90. The number of nitrogens with zero attached hydrogens (tertiary/aromatic N) is 3. The summed E-state index contributed by atoms with van der Waals surface area (Å²) in [7, 11) is 0. The normalized spacial score (nSPS) is 10.8. The van der Waals surface area contributed by atoms with Crippen LogP contribution in [0.15, 0.2) is 94.6 Å². The van der Waals surface area contributed by atoms with E-state index in [0.29, 0.717) is 17.2 Å². The summed E-state index contributed by atoms with van der Waals surface area (Å²) in [4.78, 5) is 8.50. The van der Waals surface area contributed by atoms with Crippen LogP contribution in [-0.2, 0) is 0 Å². The van der Waals surface area contributed by atoms with Crippen molar-refractivity contribution < 1.29 is 4.42 Å². The second-order valence-electron chi connectivity index (χ2n) is 5.87. The van der Waals surface area contributed by atoms with E-state index in [-0.39, 0.29) is 0 Å². The van der Waals surface area contributed by atoms with E-state index < -0.39 is 0 Å². The summed E-state index contributed by atoms with van der Waals surface area (Å²) in [6.45, 7) is 0. The lowest BCUT2D eigenvalue weighted by Crippen LogP contribution is -1.83. The van der Waals surface area contributed by atoms with Gasteiger partial charge in [0.2, 0.25) is 5.88 Å². The first-order valence-electron chi connectivity index (χ1n) is 8.48. The zero-order valence-corrected chi connectivity index (χ0v) is 14.4. The van der Waals surface area contributed by atoms with E-state index >= 15 is 0 Å². The van der Waals surface area contributed by atoms with E-state index in [1.54, 1.807) is 18.6 Å². The fraction of sp³-hybridized carbons (Fsp3) is 0. The second-order valence-corrected chi connectivity index (χ2v) is 5.87. The highest BCUT2D eigenvalue weighted by Crippen LogP contribution is 2.42. The Hall–Kier alpha value is -3.97. The fourth-order valence-electron chi connectivity index (χ4n) is 2.87. The maximum absolute atomic E-state index is 9.82. The Morgan fingerprint density at radius 3 is 2.22 bits per heavy atom. The maximum atomic E-state index is 9.82. The third-order valence-corrected chi connectivity index (χ3v) is 4.12. The molecule has 0 amide bonds. The predicted molar refractivity (Wildman–Crippen MR) is 106 cm³/mol. The van der Waals surface area contributed by atoms with E-state index in [1.165, 1.54) is 0 Å². The van der Waals surface area contributed by atoms with Crippen molar-refractivity contribution in [1.29, 1.82) is 5.26 Å². The van der Waals surface area contributed by atoms with Crippen molar-refractivity contribution in [1.82, 2.24) is 4.98 Å². The largest absolute Gasteiger partial charge is 0.436 e. The number of aromatic nitrogens is 1. The van der Waals surface area contributed by atoms with Crippen LogP contribution in [0.4, 0.5) is 5.88 Å². The lowest BCUT2D eigenvalue weighted by molar-refractivity contribution is 0.593. The molecule has 0 saturated carbocycles. The molecule has 0 spiro atoms. The summed E-state index contributed by atoms with van der Waals surface area (Å²) in [5, 5.41) is 9.82. The molecule has 0 radical (unpaired) electrons. The van der Waals surface area contributed by atoms with Crippen LogP contribution in [0.25, 0.3) is 22.5 Å². The quantitative estimate of drug-likeness (QED) is 0.448. The molecule has 2 heterocycles. The molecule has 0 fully saturated rings. The highest BCUT2D eigenvalue weighted by atomic mass is 16.4. The fourth-order valence-corrected chi connectivity index (χ4v) is 2.87. The van der Waals surface area contributed by atoms with Crippen molar-refractivity contribution in [2.75, 3.05) is 0 Å². The second kappa shape index (κ2) is 7.51. The lowest BCUT2D eigenvalue weighted by atomic mass is 9.98. The van der Waals surface area contributed by atoms with Gasteiger partial charge >= 0.3 is 0 Å². The van der Waals surface area contributed by atoms with Crippen LogP contribution in [0.5, 0.6) is 0 Å². The number of benzene rings is 2. The Morgan fingerprint density at radius 1 is 0.889 bits per heavy atom. The minimum Gasteiger partial charge on any atom is -0.436 e. The van der Waals surface area contributed by atoms with Crippen LogP contribution in [0.2, 0.25) is 0 Å². The van der Waals surface area contributed by atoms with Crippen LogP contribution in [-0.4, -0.2) is 11.2 Å². The Kier molecular flexibility index (Phi) is 4.59. The van der Waals surface area contributed by atoms with Crippen LogP contribution in [0.1, 0.15) is 11.1 Å². The van der Waals surface area contributed by atoms with E-state index in [9.17, 15) is 5.26 Å². The number of aliphatic imine (C=N–C) groups is 1. The average Bonchev–Trinajstić information content (AvgIpc) is 3.13. The van der Waals surface area contributed by atoms with Gasteiger partial charge in [-0.25, -0.2) is 4.99 Å². The van der Waals surface area contributed by atoms with Crippen molar-refractivity contribution >= 4 is 12.1 Å². The summed E-state index contributed by atoms with van der Waals surface area (Å²) >= 11 is 0. The molecule has 4 heteroatoms. The van der Waals surface area contributed by atoms with Crippen molar-refractivity contribution in [3.8, 4) is 28.5 Å². The molecule has 0 aliphatic heterocycles. The molecule has 4 nitrogen and oxygen atoms in total. The minimum atomic E-state index is 0.291. The number of hydrogen-bond donors (Lipinski definition) is 0. The van der Waals surface area contributed by atoms with Gasteiger partial charge in [0.1, 0.15) is 17.4 Å². The molecule has 0 aliphatic rings. The highest BCUT2D eigenvalue weighted by Gasteiger charge is 2.22. The maximum Gasteiger partial charge on any atom is 0.238 e. The number of rotatable bonds is 4. The van der Waals surface area contributed by atoms with E-state index in [0.717, 1.165) is 22.3 Å². The minimum absolute atomic E-state index is 0.291. The molecule has 2 aromatic heterocycles. The standard InChI is InChI=1S/C23H15N3O/c24-14-20-21(18-9-3-1-4-10-18)22(19-11-5-2-6-12-19)27-23(20)26-16-17-8-7-13-25-15-17/h1-13,15-16H. The first-order chi connectivity index (χ1) is 13.4. The number of hydrogen-bond acceptors (Lipinski definition) is 4. The molecule has 4 aromatic rings. The van der Waals surface area contributed by atoms with Gasteiger partial charge in [-0.2, -0.15) is 5.26 Å². The number of pyridine rings is 1. The van der Waals surface area contributed by atoms with Gasteiger partial charge in [-0.1, -0.05) is 66.7 Å².